The zero-order chi connectivity index (χ0) is 15.7. The standard InChI is InChI=1S/C14H14ClNO5/c1-2-19-13(17)8-14(18)21-4-3-20-12-6-10(9-16)5-11(15)7-12/h5-7H,2-4,8H2,1H3. The minimum Gasteiger partial charge on any atom is -0.490 e. The van der Waals surface area contributed by atoms with Crippen LogP contribution in [-0.4, -0.2) is 31.8 Å². The first-order valence-corrected chi connectivity index (χ1v) is 6.57. The summed E-state index contributed by atoms with van der Waals surface area (Å²) in [5.74, 6) is -0.904. The summed E-state index contributed by atoms with van der Waals surface area (Å²) in [5.41, 5.74) is 0.372. The van der Waals surface area contributed by atoms with Crippen LogP contribution in [0, 0.1) is 11.3 Å². The van der Waals surface area contributed by atoms with Crippen LogP contribution in [0.2, 0.25) is 5.02 Å². The van der Waals surface area contributed by atoms with E-state index < -0.39 is 18.4 Å². The monoisotopic (exact) mass is 311 g/mol. The molecular formula is C14H14ClNO5. The Bertz CT molecular complexity index is 553. The number of carbonyl (C=O) groups is 2. The number of hydrogen-bond acceptors (Lipinski definition) is 6. The molecule has 1 rings (SSSR count). The van der Waals surface area contributed by atoms with Crippen molar-refractivity contribution < 1.29 is 23.8 Å². The normalized spacial score (nSPS) is 9.57. The van der Waals surface area contributed by atoms with Crippen molar-refractivity contribution in [1.82, 2.24) is 0 Å². The third-order valence-electron chi connectivity index (χ3n) is 2.21. The van der Waals surface area contributed by atoms with E-state index in [1.807, 2.05) is 6.07 Å². The molecule has 0 N–H and O–H groups in total. The molecule has 0 saturated carbocycles. The molecule has 0 unspecified atom stereocenters. The third kappa shape index (κ3) is 6.63. The van der Waals surface area contributed by atoms with Crippen LogP contribution < -0.4 is 4.74 Å². The Balaban J connectivity index is 2.31. The Morgan fingerprint density at radius 2 is 1.90 bits per heavy atom. The maximum atomic E-state index is 11.3. The third-order valence-corrected chi connectivity index (χ3v) is 2.43. The molecule has 0 aliphatic heterocycles. The van der Waals surface area contributed by atoms with Crippen molar-refractivity contribution in [2.45, 2.75) is 13.3 Å². The van der Waals surface area contributed by atoms with Gasteiger partial charge in [0.05, 0.1) is 18.2 Å². The lowest BCUT2D eigenvalue weighted by molar-refractivity contribution is -0.154. The van der Waals surface area contributed by atoms with Gasteiger partial charge in [-0.05, 0) is 25.1 Å². The quantitative estimate of drug-likeness (QED) is 0.435. The molecule has 6 nitrogen and oxygen atoms in total. The molecule has 0 atom stereocenters. The van der Waals surface area contributed by atoms with Crippen molar-refractivity contribution >= 4 is 23.5 Å². The van der Waals surface area contributed by atoms with Crippen LogP contribution >= 0.6 is 11.6 Å². The van der Waals surface area contributed by atoms with E-state index in [0.29, 0.717) is 16.3 Å². The van der Waals surface area contributed by atoms with Gasteiger partial charge in [-0.1, -0.05) is 11.6 Å². The van der Waals surface area contributed by atoms with E-state index in [9.17, 15) is 9.59 Å². The number of hydrogen-bond donors (Lipinski definition) is 0. The summed E-state index contributed by atoms with van der Waals surface area (Å²) in [6.07, 6.45) is -0.427. The van der Waals surface area contributed by atoms with Crippen LogP contribution in [0.3, 0.4) is 0 Å². The predicted octanol–water partition coefficient (Wildman–Crippen LogP) is 2.09. The van der Waals surface area contributed by atoms with Gasteiger partial charge in [-0.3, -0.25) is 9.59 Å². The lowest BCUT2D eigenvalue weighted by Crippen LogP contribution is -2.17. The van der Waals surface area contributed by atoms with Crippen LogP contribution in [0.5, 0.6) is 5.75 Å². The summed E-state index contributed by atoms with van der Waals surface area (Å²) < 4.78 is 14.7. The molecule has 0 heterocycles. The first-order chi connectivity index (χ1) is 10.0. The summed E-state index contributed by atoms with van der Waals surface area (Å²) >= 11 is 5.81. The van der Waals surface area contributed by atoms with Gasteiger partial charge in [0.25, 0.3) is 0 Å². The highest BCUT2D eigenvalue weighted by Gasteiger charge is 2.11. The van der Waals surface area contributed by atoms with Gasteiger partial charge < -0.3 is 14.2 Å². The average molecular weight is 312 g/mol. The van der Waals surface area contributed by atoms with E-state index in [0.717, 1.165) is 0 Å². The number of carbonyl (C=O) groups excluding carboxylic acids is 2. The van der Waals surface area contributed by atoms with Gasteiger partial charge in [0.2, 0.25) is 0 Å². The Hall–Kier alpha value is -2.26. The zero-order valence-electron chi connectivity index (χ0n) is 11.4. The van der Waals surface area contributed by atoms with Crippen LogP contribution in [0.25, 0.3) is 0 Å². The fourth-order valence-electron chi connectivity index (χ4n) is 1.41. The maximum absolute atomic E-state index is 11.3. The molecule has 1 aromatic carbocycles. The van der Waals surface area contributed by atoms with Gasteiger partial charge in [-0.15, -0.1) is 0 Å². The Morgan fingerprint density at radius 3 is 2.57 bits per heavy atom. The molecule has 0 radical (unpaired) electrons. The van der Waals surface area contributed by atoms with E-state index in [1.165, 1.54) is 12.1 Å². The minimum absolute atomic E-state index is 0.0212. The molecule has 0 bridgehead atoms. The summed E-state index contributed by atoms with van der Waals surface area (Å²) in [7, 11) is 0. The Kier molecular flexibility index (Phi) is 7.05. The summed E-state index contributed by atoms with van der Waals surface area (Å²) in [4.78, 5) is 22.3. The number of esters is 2. The van der Waals surface area contributed by atoms with Crippen LogP contribution in [0.15, 0.2) is 18.2 Å². The molecule has 0 amide bonds. The molecular weight excluding hydrogens is 298 g/mol. The average Bonchev–Trinajstić information content (AvgIpc) is 2.43. The van der Waals surface area contributed by atoms with Crippen LogP contribution in [0.1, 0.15) is 18.9 Å². The van der Waals surface area contributed by atoms with Crippen LogP contribution in [0.4, 0.5) is 0 Å². The SMILES string of the molecule is CCOC(=O)CC(=O)OCCOc1cc(Cl)cc(C#N)c1. The molecule has 0 aromatic heterocycles. The van der Waals surface area contributed by atoms with Gasteiger partial charge in [-0.2, -0.15) is 5.26 Å². The second kappa shape index (κ2) is 8.82. The van der Waals surface area contributed by atoms with Gasteiger partial charge in [0, 0.05) is 5.02 Å². The lowest BCUT2D eigenvalue weighted by atomic mass is 10.2. The summed E-state index contributed by atoms with van der Waals surface area (Å²) in [6.45, 7) is 1.93. The fourth-order valence-corrected chi connectivity index (χ4v) is 1.63. The second-order valence-electron chi connectivity index (χ2n) is 3.84. The smallest absolute Gasteiger partial charge is 0.317 e. The maximum Gasteiger partial charge on any atom is 0.317 e. The largest absolute Gasteiger partial charge is 0.490 e. The molecule has 112 valence electrons. The number of nitriles is 1. The van der Waals surface area contributed by atoms with E-state index in [1.54, 1.807) is 13.0 Å². The van der Waals surface area contributed by atoms with E-state index in [-0.39, 0.29) is 19.8 Å². The van der Waals surface area contributed by atoms with Crippen LogP contribution in [-0.2, 0) is 19.1 Å². The fraction of sp³-hybridized carbons (Fsp3) is 0.357. The number of nitrogens with zero attached hydrogens (tertiary/aromatic N) is 1. The first kappa shape index (κ1) is 16.8. The van der Waals surface area contributed by atoms with Crippen molar-refractivity contribution in [3.05, 3.63) is 28.8 Å². The van der Waals surface area contributed by atoms with Gasteiger partial charge >= 0.3 is 11.9 Å². The number of ether oxygens (including phenoxy) is 3. The van der Waals surface area contributed by atoms with Gasteiger partial charge in [-0.25, -0.2) is 0 Å². The van der Waals surface area contributed by atoms with Gasteiger partial charge in [0.1, 0.15) is 25.4 Å². The number of benzene rings is 1. The van der Waals surface area contributed by atoms with E-state index >= 15 is 0 Å². The zero-order valence-corrected chi connectivity index (χ0v) is 12.2. The number of halogens is 1. The van der Waals surface area contributed by atoms with Crippen molar-refractivity contribution in [1.29, 1.82) is 5.26 Å². The highest BCUT2D eigenvalue weighted by Crippen LogP contribution is 2.20. The Morgan fingerprint density at radius 1 is 1.19 bits per heavy atom. The molecule has 1 aromatic rings. The van der Waals surface area contributed by atoms with Crippen molar-refractivity contribution in [3.63, 3.8) is 0 Å². The molecule has 0 aliphatic rings. The van der Waals surface area contributed by atoms with Crippen molar-refractivity contribution in [2.75, 3.05) is 19.8 Å². The van der Waals surface area contributed by atoms with Gasteiger partial charge in [0.15, 0.2) is 0 Å². The van der Waals surface area contributed by atoms with E-state index in [2.05, 4.69) is 4.74 Å². The predicted molar refractivity (Wildman–Crippen MR) is 73.9 cm³/mol. The lowest BCUT2D eigenvalue weighted by Gasteiger charge is -2.08. The molecule has 7 heteroatoms. The summed E-state index contributed by atoms with van der Waals surface area (Å²) in [6, 6.07) is 6.52. The van der Waals surface area contributed by atoms with Crippen molar-refractivity contribution in [2.24, 2.45) is 0 Å². The molecule has 21 heavy (non-hydrogen) atoms. The highest BCUT2D eigenvalue weighted by molar-refractivity contribution is 6.30. The topological polar surface area (TPSA) is 85.6 Å². The van der Waals surface area contributed by atoms with E-state index in [4.69, 9.17) is 26.3 Å². The molecule has 0 spiro atoms. The minimum atomic E-state index is -0.680. The molecule has 0 fully saturated rings. The molecule has 0 aliphatic carbocycles. The summed E-state index contributed by atoms with van der Waals surface area (Å²) in [5, 5.41) is 9.16. The first-order valence-electron chi connectivity index (χ1n) is 6.20. The second-order valence-corrected chi connectivity index (χ2v) is 4.27. The number of rotatable bonds is 7. The molecule has 0 saturated heterocycles. The Labute approximate surface area is 127 Å². The van der Waals surface area contributed by atoms with Crippen molar-refractivity contribution in [3.8, 4) is 11.8 Å². The highest BCUT2D eigenvalue weighted by atomic mass is 35.5.